The Hall–Kier alpha value is -2.37. The largest absolute Gasteiger partial charge is 0.497 e. The molecule has 1 aromatic carbocycles. The van der Waals surface area contributed by atoms with Gasteiger partial charge in [0.1, 0.15) is 11.5 Å². The first kappa shape index (κ1) is 11.1. The molecule has 1 aromatic heterocycles. The Morgan fingerprint density at radius 2 is 1.82 bits per heavy atom. The fourth-order valence-electron chi connectivity index (χ4n) is 1.34. The highest BCUT2D eigenvalue weighted by molar-refractivity contribution is 5.69. The lowest BCUT2D eigenvalue weighted by atomic mass is 10.2. The standard InChI is InChI=1S/C11H10N2O4/c1-15-8-3-7(4-9(5-8)16-2)11-12-10(6-14)17-13-11/h3-6H,1-2H3. The molecule has 0 saturated carbocycles. The van der Waals surface area contributed by atoms with Crippen molar-refractivity contribution >= 4 is 6.29 Å². The molecule has 0 saturated heterocycles. The van der Waals surface area contributed by atoms with Gasteiger partial charge < -0.3 is 14.0 Å². The molecule has 0 aliphatic rings. The predicted octanol–water partition coefficient (Wildman–Crippen LogP) is 1.57. The quantitative estimate of drug-likeness (QED) is 0.747. The van der Waals surface area contributed by atoms with E-state index in [1.807, 2.05) is 0 Å². The lowest BCUT2D eigenvalue weighted by Gasteiger charge is -2.05. The van der Waals surface area contributed by atoms with Crippen LogP contribution in [0, 0.1) is 0 Å². The molecule has 0 unspecified atom stereocenters. The average molecular weight is 234 g/mol. The van der Waals surface area contributed by atoms with Gasteiger partial charge in [-0.1, -0.05) is 5.16 Å². The molecule has 1 heterocycles. The molecule has 2 rings (SSSR count). The van der Waals surface area contributed by atoms with Gasteiger partial charge in [-0.05, 0) is 12.1 Å². The second-order valence-corrected chi connectivity index (χ2v) is 3.18. The maximum Gasteiger partial charge on any atom is 0.291 e. The van der Waals surface area contributed by atoms with Crippen LogP contribution in [0.1, 0.15) is 10.7 Å². The first-order chi connectivity index (χ1) is 8.26. The second kappa shape index (κ2) is 4.65. The van der Waals surface area contributed by atoms with Crippen LogP contribution >= 0.6 is 0 Å². The number of benzene rings is 1. The van der Waals surface area contributed by atoms with Crippen molar-refractivity contribution < 1.29 is 18.8 Å². The molecule has 0 fully saturated rings. The van der Waals surface area contributed by atoms with Gasteiger partial charge >= 0.3 is 0 Å². The molecule has 0 bridgehead atoms. The molecule has 0 radical (unpaired) electrons. The lowest BCUT2D eigenvalue weighted by molar-refractivity contribution is 0.108. The number of hydrogen-bond donors (Lipinski definition) is 0. The number of carbonyl (C=O) groups excluding carboxylic acids is 1. The summed E-state index contributed by atoms with van der Waals surface area (Å²) in [5.74, 6) is 1.46. The maximum absolute atomic E-state index is 10.5. The molecule has 17 heavy (non-hydrogen) atoms. The van der Waals surface area contributed by atoms with Gasteiger partial charge in [0.05, 0.1) is 14.2 Å². The number of aromatic nitrogens is 2. The molecule has 0 aliphatic carbocycles. The van der Waals surface area contributed by atoms with Crippen LogP contribution in [0.4, 0.5) is 0 Å². The summed E-state index contributed by atoms with van der Waals surface area (Å²) in [6.45, 7) is 0. The van der Waals surface area contributed by atoms with E-state index in [0.29, 0.717) is 29.2 Å². The number of carbonyl (C=O) groups is 1. The van der Waals surface area contributed by atoms with Gasteiger partial charge in [-0.2, -0.15) is 4.98 Å². The minimum Gasteiger partial charge on any atom is -0.497 e. The van der Waals surface area contributed by atoms with Crippen molar-refractivity contribution in [3.05, 3.63) is 24.1 Å². The molecule has 88 valence electrons. The van der Waals surface area contributed by atoms with E-state index in [9.17, 15) is 4.79 Å². The van der Waals surface area contributed by atoms with Crippen molar-refractivity contribution in [1.29, 1.82) is 0 Å². The van der Waals surface area contributed by atoms with Gasteiger partial charge in [-0.15, -0.1) is 0 Å². The van der Waals surface area contributed by atoms with Gasteiger partial charge in [-0.25, -0.2) is 0 Å². The number of hydrogen-bond acceptors (Lipinski definition) is 6. The second-order valence-electron chi connectivity index (χ2n) is 3.18. The van der Waals surface area contributed by atoms with Crippen LogP contribution in [-0.4, -0.2) is 30.6 Å². The third-order valence-electron chi connectivity index (χ3n) is 2.15. The number of rotatable bonds is 4. The van der Waals surface area contributed by atoms with Gasteiger partial charge in [0.25, 0.3) is 5.89 Å². The Morgan fingerprint density at radius 1 is 1.18 bits per heavy atom. The summed E-state index contributed by atoms with van der Waals surface area (Å²) < 4.78 is 14.9. The molecule has 0 amide bonds. The monoisotopic (exact) mass is 234 g/mol. The Morgan fingerprint density at radius 3 is 2.29 bits per heavy atom. The average Bonchev–Trinajstić information content (AvgIpc) is 2.86. The predicted molar refractivity (Wildman–Crippen MR) is 58.2 cm³/mol. The Labute approximate surface area is 97.2 Å². The number of ether oxygens (including phenoxy) is 2. The molecule has 0 spiro atoms. The first-order valence-electron chi connectivity index (χ1n) is 4.79. The van der Waals surface area contributed by atoms with Gasteiger partial charge in [0.2, 0.25) is 12.1 Å². The summed E-state index contributed by atoms with van der Waals surface area (Å²) in [5.41, 5.74) is 0.651. The van der Waals surface area contributed by atoms with E-state index in [1.165, 1.54) is 0 Å². The zero-order valence-corrected chi connectivity index (χ0v) is 9.34. The van der Waals surface area contributed by atoms with Crippen molar-refractivity contribution in [2.24, 2.45) is 0 Å². The molecular weight excluding hydrogens is 224 g/mol. The molecular formula is C11H10N2O4. The maximum atomic E-state index is 10.5. The van der Waals surface area contributed by atoms with E-state index in [0.717, 1.165) is 0 Å². The zero-order valence-electron chi connectivity index (χ0n) is 9.34. The van der Waals surface area contributed by atoms with Gasteiger partial charge in [0, 0.05) is 11.6 Å². The van der Waals surface area contributed by atoms with E-state index in [1.54, 1.807) is 32.4 Å². The van der Waals surface area contributed by atoms with Crippen LogP contribution in [0.3, 0.4) is 0 Å². The fraction of sp³-hybridized carbons (Fsp3) is 0.182. The SMILES string of the molecule is COc1cc(OC)cc(-c2noc(C=O)n2)c1. The Bertz CT molecular complexity index is 514. The minimum atomic E-state index is -0.0678. The Balaban J connectivity index is 2.46. The smallest absolute Gasteiger partial charge is 0.291 e. The molecule has 2 aromatic rings. The summed E-state index contributed by atoms with van der Waals surface area (Å²) in [6, 6.07) is 5.17. The summed E-state index contributed by atoms with van der Waals surface area (Å²) >= 11 is 0. The highest BCUT2D eigenvalue weighted by Crippen LogP contribution is 2.27. The highest BCUT2D eigenvalue weighted by atomic mass is 16.5. The van der Waals surface area contributed by atoms with Crippen molar-refractivity contribution in [2.45, 2.75) is 0 Å². The van der Waals surface area contributed by atoms with Gasteiger partial charge in [0.15, 0.2) is 0 Å². The van der Waals surface area contributed by atoms with Gasteiger partial charge in [-0.3, -0.25) is 4.79 Å². The van der Waals surface area contributed by atoms with Crippen LogP contribution in [-0.2, 0) is 0 Å². The topological polar surface area (TPSA) is 74.5 Å². The van der Waals surface area contributed by atoms with Crippen LogP contribution < -0.4 is 9.47 Å². The van der Waals surface area contributed by atoms with E-state index in [2.05, 4.69) is 10.1 Å². The van der Waals surface area contributed by atoms with E-state index in [4.69, 9.17) is 14.0 Å². The van der Waals surface area contributed by atoms with Crippen LogP contribution in [0.25, 0.3) is 11.4 Å². The lowest BCUT2D eigenvalue weighted by Crippen LogP contribution is -1.90. The third kappa shape index (κ3) is 2.25. The minimum absolute atomic E-state index is 0.0678. The normalized spacial score (nSPS) is 10.0. The summed E-state index contributed by atoms with van der Waals surface area (Å²) in [6.07, 6.45) is 0.494. The van der Waals surface area contributed by atoms with Crippen LogP contribution in [0.2, 0.25) is 0 Å². The van der Waals surface area contributed by atoms with Crippen molar-refractivity contribution in [2.75, 3.05) is 14.2 Å². The zero-order chi connectivity index (χ0) is 12.3. The van der Waals surface area contributed by atoms with Crippen molar-refractivity contribution in [3.63, 3.8) is 0 Å². The number of nitrogens with zero attached hydrogens (tertiary/aromatic N) is 2. The highest BCUT2D eigenvalue weighted by Gasteiger charge is 2.10. The van der Waals surface area contributed by atoms with E-state index >= 15 is 0 Å². The summed E-state index contributed by atoms with van der Waals surface area (Å²) in [4.78, 5) is 14.3. The molecule has 0 aliphatic heterocycles. The molecule has 6 nitrogen and oxygen atoms in total. The van der Waals surface area contributed by atoms with Crippen LogP contribution in [0.5, 0.6) is 11.5 Å². The number of aldehydes is 1. The summed E-state index contributed by atoms with van der Waals surface area (Å²) in [7, 11) is 3.09. The molecule has 0 N–H and O–H groups in total. The van der Waals surface area contributed by atoms with E-state index in [-0.39, 0.29) is 5.89 Å². The summed E-state index contributed by atoms with van der Waals surface area (Å²) in [5, 5.41) is 3.68. The van der Waals surface area contributed by atoms with E-state index < -0.39 is 0 Å². The van der Waals surface area contributed by atoms with Crippen molar-refractivity contribution in [1.82, 2.24) is 10.1 Å². The molecule has 0 atom stereocenters. The van der Waals surface area contributed by atoms with Crippen molar-refractivity contribution in [3.8, 4) is 22.9 Å². The molecule has 6 heteroatoms. The van der Waals surface area contributed by atoms with Crippen LogP contribution in [0.15, 0.2) is 22.7 Å². The first-order valence-corrected chi connectivity index (χ1v) is 4.79. The Kier molecular flexibility index (Phi) is 3.04. The number of methoxy groups -OCH3 is 2. The third-order valence-corrected chi connectivity index (χ3v) is 2.15. The fourth-order valence-corrected chi connectivity index (χ4v) is 1.34.